The molecule has 0 spiro atoms. The third kappa shape index (κ3) is 3.06. The van der Waals surface area contributed by atoms with Crippen LogP contribution in [0.15, 0.2) is 11.4 Å². The molecule has 0 bridgehead atoms. The lowest BCUT2D eigenvalue weighted by Crippen LogP contribution is -2.18. The maximum absolute atomic E-state index is 2.88. The SMILES string of the molecule is PC=C(C1CCCCC1)C1CCCCC1. The van der Waals surface area contributed by atoms with Crippen LogP contribution in [0.3, 0.4) is 0 Å². The lowest BCUT2D eigenvalue weighted by molar-refractivity contribution is 0.327. The van der Waals surface area contributed by atoms with Crippen LogP contribution in [0.1, 0.15) is 64.2 Å². The van der Waals surface area contributed by atoms with Gasteiger partial charge in [0.05, 0.1) is 0 Å². The van der Waals surface area contributed by atoms with Gasteiger partial charge in [0, 0.05) is 0 Å². The molecule has 2 saturated carbocycles. The molecule has 2 aliphatic rings. The van der Waals surface area contributed by atoms with E-state index in [4.69, 9.17) is 0 Å². The third-order valence-electron chi connectivity index (χ3n) is 4.35. The molecule has 0 saturated heterocycles. The van der Waals surface area contributed by atoms with E-state index in [1.54, 1.807) is 5.57 Å². The van der Waals surface area contributed by atoms with Crippen molar-refractivity contribution in [1.82, 2.24) is 0 Å². The van der Waals surface area contributed by atoms with E-state index >= 15 is 0 Å². The second kappa shape index (κ2) is 6.04. The van der Waals surface area contributed by atoms with Gasteiger partial charge in [-0.25, -0.2) is 0 Å². The monoisotopic (exact) mass is 224 g/mol. The van der Waals surface area contributed by atoms with E-state index in [2.05, 4.69) is 15.1 Å². The molecule has 15 heavy (non-hydrogen) atoms. The fourth-order valence-corrected chi connectivity index (χ4v) is 4.02. The van der Waals surface area contributed by atoms with Crippen LogP contribution in [-0.4, -0.2) is 0 Å². The van der Waals surface area contributed by atoms with Crippen LogP contribution in [0, 0.1) is 11.8 Å². The normalized spacial score (nSPS) is 25.1. The summed E-state index contributed by atoms with van der Waals surface area (Å²) < 4.78 is 0. The van der Waals surface area contributed by atoms with E-state index in [-0.39, 0.29) is 0 Å². The van der Waals surface area contributed by atoms with Gasteiger partial charge in [0.2, 0.25) is 0 Å². The zero-order chi connectivity index (χ0) is 10.5. The highest BCUT2D eigenvalue weighted by atomic mass is 31.0. The van der Waals surface area contributed by atoms with Gasteiger partial charge in [-0.1, -0.05) is 49.9 Å². The summed E-state index contributed by atoms with van der Waals surface area (Å²) in [6, 6.07) is 0. The number of rotatable bonds is 2. The molecule has 1 heteroatoms. The largest absolute Gasteiger partial charge is 0.114 e. The molecule has 0 aromatic rings. The summed E-state index contributed by atoms with van der Waals surface area (Å²) in [4.78, 5) is 0. The zero-order valence-corrected chi connectivity index (χ0v) is 11.0. The Morgan fingerprint density at radius 2 is 1.13 bits per heavy atom. The first-order chi connectivity index (χ1) is 7.42. The van der Waals surface area contributed by atoms with E-state index < -0.39 is 0 Å². The van der Waals surface area contributed by atoms with Crippen LogP contribution in [0.5, 0.6) is 0 Å². The molecule has 1 unspecified atom stereocenters. The molecule has 2 fully saturated rings. The fraction of sp³-hybridized carbons (Fsp3) is 0.857. The third-order valence-corrected chi connectivity index (χ3v) is 4.73. The molecule has 0 amide bonds. The molecule has 86 valence electrons. The summed E-state index contributed by atoms with van der Waals surface area (Å²) in [6.07, 6.45) is 14.7. The average Bonchev–Trinajstić information content (AvgIpc) is 2.33. The number of hydrogen-bond donors (Lipinski definition) is 0. The second-order valence-corrected chi connectivity index (χ2v) is 5.67. The molecular formula is C14H25P. The van der Waals surface area contributed by atoms with Gasteiger partial charge in [-0.2, -0.15) is 0 Å². The number of allylic oxidation sites excluding steroid dienone is 1. The molecule has 0 aliphatic heterocycles. The summed E-state index contributed by atoms with van der Waals surface area (Å²) in [6.45, 7) is 0. The Kier molecular flexibility index (Phi) is 4.69. The van der Waals surface area contributed by atoms with Gasteiger partial charge in [-0.15, -0.1) is 9.24 Å². The molecule has 2 rings (SSSR count). The minimum atomic E-state index is 0.944. The molecule has 0 aromatic heterocycles. The first-order valence-electron chi connectivity index (χ1n) is 6.83. The lowest BCUT2D eigenvalue weighted by atomic mass is 9.74. The Morgan fingerprint density at radius 1 is 0.733 bits per heavy atom. The molecule has 2 aliphatic carbocycles. The maximum atomic E-state index is 2.88. The summed E-state index contributed by atoms with van der Waals surface area (Å²) in [7, 11) is 2.88. The van der Waals surface area contributed by atoms with Crippen molar-refractivity contribution < 1.29 is 0 Å². The standard InChI is InChI=1S/C14H25P/c15-11-14(12-7-3-1-4-8-12)13-9-5-2-6-10-13/h11-13H,1-10,15H2. The Morgan fingerprint density at radius 3 is 1.47 bits per heavy atom. The van der Waals surface area contributed by atoms with Gasteiger partial charge in [-0.3, -0.25) is 0 Å². The van der Waals surface area contributed by atoms with Gasteiger partial charge >= 0.3 is 0 Å². The first kappa shape index (κ1) is 11.6. The maximum Gasteiger partial charge on any atom is -0.0197 e. The highest BCUT2D eigenvalue weighted by Crippen LogP contribution is 2.39. The Labute approximate surface area is 97.1 Å². The minimum Gasteiger partial charge on any atom is -0.114 e. The van der Waals surface area contributed by atoms with Crippen molar-refractivity contribution in [1.29, 1.82) is 0 Å². The Bertz CT molecular complexity index is 187. The predicted octanol–water partition coefficient (Wildman–Crippen LogP) is 4.91. The smallest absolute Gasteiger partial charge is 0.0197 e. The van der Waals surface area contributed by atoms with E-state index in [0.717, 1.165) is 11.8 Å². The van der Waals surface area contributed by atoms with E-state index in [1.165, 1.54) is 64.2 Å². The Balaban J connectivity index is 1.95. The first-order valence-corrected chi connectivity index (χ1v) is 7.50. The van der Waals surface area contributed by atoms with E-state index in [1.807, 2.05) is 0 Å². The van der Waals surface area contributed by atoms with Crippen LogP contribution in [0.25, 0.3) is 0 Å². The van der Waals surface area contributed by atoms with Gasteiger partial charge in [-0.05, 0) is 37.5 Å². The lowest BCUT2D eigenvalue weighted by Gasteiger charge is -2.32. The van der Waals surface area contributed by atoms with Gasteiger partial charge in [0.25, 0.3) is 0 Å². The molecule has 1 atom stereocenters. The van der Waals surface area contributed by atoms with Crippen LogP contribution >= 0.6 is 9.24 Å². The topological polar surface area (TPSA) is 0 Å². The molecule has 0 aromatic carbocycles. The second-order valence-electron chi connectivity index (χ2n) is 5.34. The van der Waals surface area contributed by atoms with Crippen LogP contribution in [0.2, 0.25) is 0 Å². The van der Waals surface area contributed by atoms with Crippen molar-refractivity contribution >= 4 is 9.24 Å². The average molecular weight is 224 g/mol. The van der Waals surface area contributed by atoms with Crippen molar-refractivity contribution in [3.63, 3.8) is 0 Å². The Hall–Kier alpha value is 0.170. The van der Waals surface area contributed by atoms with Gasteiger partial charge < -0.3 is 0 Å². The molecule has 0 heterocycles. The number of hydrogen-bond acceptors (Lipinski definition) is 0. The summed E-state index contributed by atoms with van der Waals surface area (Å²) >= 11 is 0. The van der Waals surface area contributed by atoms with Crippen molar-refractivity contribution in [3.05, 3.63) is 11.4 Å². The van der Waals surface area contributed by atoms with Crippen molar-refractivity contribution in [2.75, 3.05) is 0 Å². The van der Waals surface area contributed by atoms with Crippen molar-refractivity contribution in [2.45, 2.75) is 64.2 Å². The van der Waals surface area contributed by atoms with Crippen LogP contribution < -0.4 is 0 Å². The predicted molar refractivity (Wildman–Crippen MR) is 70.9 cm³/mol. The highest BCUT2D eigenvalue weighted by Gasteiger charge is 2.24. The summed E-state index contributed by atoms with van der Waals surface area (Å²) in [5.74, 6) is 4.27. The van der Waals surface area contributed by atoms with Crippen molar-refractivity contribution in [2.24, 2.45) is 11.8 Å². The zero-order valence-electron chi connectivity index (χ0n) is 9.88. The van der Waals surface area contributed by atoms with Gasteiger partial charge in [0.15, 0.2) is 0 Å². The van der Waals surface area contributed by atoms with Crippen LogP contribution in [0.4, 0.5) is 0 Å². The summed E-state index contributed by atoms with van der Waals surface area (Å²) in [5, 5.41) is 0. The molecule has 0 N–H and O–H groups in total. The fourth-order valence-electron chi connectivity index (χ4n) is 3.48. The van der Waals surface area contributed by atoms with Crippen LogP contribution in [-0.2, 0) is 0 Å². The highest BCUT2D eigenvalue weighted by molar-refractivity contribution is 7.20. The molecule has 0 radical (unpaired) electrons. The minimum absolute atomic E-state index is 0.944. The van der Waals surface area contributed by atoms with Crippen molar-refractivity contribution in [3.8, 4) is 0 Å². The summed E-state index contributed by atoms with van der Waals surface area (Å²) in [5.41, 5.74) is 1.81. The quantitative estimate of drug-likeness (QED) is 0.585. The molecule has 0 nitrogen and oxygen atoms in total. The van der Waals surface area contributed by atoms with Gasteiger partial charge in [0.1, 0.15) is 0 Å². The molecular weight excluding hydrogens is 199 g/mol. The van der Waals surface area contributed by atoms with E-state index in [0.29, 0.717) is 0 Å². The van der Waals surface area contributed by atoms with E-state index in [9.17, 15) is 0 Å².